The molecule has 126 valence electrons. The van der Waals surface area contributed by atoms with Gasteiger partial charge in [0.1, 0.15) is 0 Å². The van der Waals surface area contributed by atoms with Crippen LogP contribution >= 0.6 is 0 Å². The van der Waals surface area contributed by atoms with E-state index in [9.17, 15) is 14.7 Å². The lowest BCUT2D eigenvalue weighted by Crippen LogP contribution is -2.50. The first-order chi connectivity index (χ1) is 10.9. The topological polar surface area (TPSA) is 77.8 Å². The van der Waals surface area contributed by atoms with Gasteiger partial charge in [-0.05, 0) is 23.5 Å². The molecule has 23 heavy (non-hydrogen) atoms. The summed E-state index contributed by atoms with van der Waals surface area (Å²) in [5.74, 6) is -1.06. The maximum absolute atomic E-state index is 12.4. The summed E-state index contributed by atoms with van der Waals surface area (Å²) < 4.78 is 0. The van der Waals surface area contributed by atoms with Gasteiger partial charge in [-0.3, -0.25) is 4.79 Å². The minimum Gasteiger partial charge on any atom is -0.479 e. The molecule has 0 bridgehead atoms. The van der Waals surface area contributed by atoms with Crippen molar-refractivity contribution in [1.82, 2.24) is 4.90 Å². The largest absolute Gasteiger partial charge is 0.479 e. The summed E-state index contributed by atoms with van der Waals surface area (Å²) in [6.45, 7) is 4.72. The fourth-order valence-electron chi connectivity index (χ4n) is 2.93. The third-order valence-electron chi connectivity index (χ3n) is 4.78. The Kier molecular flexibility index (Phi) is 5.42. The lowest BCUT2D eigenvalue weighted by Gasteiger charge is -2.35. The van der Waals surface area contributed by atoms with Crippen molar-refractivity contribution in [1.29, 1.82) is 0 Å². The van der Waals surface area contributed by atoms with Gasteiger partial charge in [-0.15, -0.1) is 0 Å². The molecule has 1 heterocycles. The van der Waals surface area contributed by atoms with Crippen molar-refractivity contribution in [2.45, 2.75) is 51.0 Å². The van der Waals surface area contributed by atoms with Crippen LogP contribution < -0.4 is 0 Å². The zero-order valence-electron chi connectivity index (χ0n) is 13.8. The van der Waals surface area contributed by atoms with E-state index in [0.29, 0.717) is 19.5 Å². The molecular weight excluding hydrogens is 294 g/mol. The van der Waals surface area contributed by atoms with Gasteiger partial charge in [0.05, 0.1) is 0 Å². The molecular formula is C18H25NO4. The Labute approximate surface area is 136 Å². The molecule has 1 aliphatic heterocycles. The Morgan fingerprint density at radius 1 is 1.22 bits per heavy atom. The number of benzene rings is 1. The van der Waals surface area contributed by atoms with Crippen LogP contribution in [0.4, 0.5) is 0 Å². The van der Waals surface area contributed by atoms with Crippen molar-refractivity contribution in [2.24, 2.45) is 0 Å². The molecule has 0 spiro atoms. The summed E-state index contributed by atoms with van der Waals surface area (Å²) in [7, 11) is 0. The predicted molar refractivity (Wildman–Crippen MR) is 87.3 cm³/mol. The molecule has 0 aromatic heterocycles. The Balaban J connectivity index is 1.90. The molecule has 1 atom stereocenters. The highest BCUT2D eigenvalue weighted by molar-refractivity contribution is 5.80. The molecule has 1 amide bonds. The standard InChI is InChI=1S/C18H25NO4/c1-3-14-4-6-15(7-5-14)13(2)12-16(20)19-10-8-18(23,9-11-19)17(21)22/h4-7,13,23H,3,8-12H2,1-2H3,(H,21,22). The number of carboxylic acid groups (broad SMARTS) is 1. The minimum atomic E-state index is -1.68. The molecule has 1 aliphatic rings. The number of amides is 1. The summed E-state index contributed by atoms with van der Waals surface area (Å²) in [5, 5.41) is 18.9. The molecule has 1 fully saturated rings. The molecule has 0 aliphatic carbocycles. The highest BCUT2D eigenvalue weighted by atomic mass is 16.4. The summed E-state index contributed by atoms with van der Waals surface area (Å²) >= 11 is 0. The number of carbonyl (C=O) groups excluding carboxylic acids is 1. The maximum atomic E-state index is 12.4. The molecule has 2 N–H and O–H groups in total. The summed E-state index contributed by atoms with van der Waals surface area (Å²) in [6, 6.07) is 8.31. The number of aryl methyl sites for hydroxylation is 1. The predicted octanol–water partition coefficient (Wildman–Crippen LogP) is 2.18. The molecule has 1 aromatic carbocycles. The number of carboxylic acids is 1. The van der Waals surface area contributed by atoms with Crippen LogP contribution in [0.25, 0.3) is 0 Å². The Morgan fingerprint density at radius 3 is 2.26 bits per heavy atom. The van der Waals surface area contributed by atoms with Crippen molar-refractivity contribution in [3.63, 3.8) is 0 Å². The van der Waals surface area contributed by atoms with Crippen LogP contribution in [0.5, 0.6) is 0 Å². The second-order valence-corrected chi connectivity index (χ2v) is 6.42. The first-order valence-electron chi connectivity index (χ1n) is 8.18. The zero-order valence-corrected chi connectivity index (χ0v) is 13.8. The number of aliphatic hydroxyl groups is 1. The normalized spacial score (nSPS) is 18.5. The first-order valence-corrected chi connectivity index (χ1v) is 8.18. The third kappa shape index (κ3) is 4.10. The second-order valence-electron chi connectivity index (χ2n) is 6.42. The van der Waals surface area contributed by atoms with Gasteiger partial charge in [-0.2, -0.15) is 0 Å². The zero-order chi connectivity index (χ0) is 17.0. The van der Waals surface area contributed by atoms with E-state index < -0.39 is 11.6 Å². The lowest BCUT2D eigenvalue weighted by molar-refractivity contribution is -0.165. The SMILES string of the molecule is CCc1ccc(C(C)CC(=O)N2CCC(O)(C(=O)O)CC2)cc1. The van der Waals surface area contributed by atoms with Crippen LogP contribution in [-0.2, 0) is 16.0 Å². The number of carbonyl (C=O) groups is 2. The van der Waals surface area contributed by atoms with Crippen molar-refractivity contribution in [2.75, 3.05) is 13.1 Å². The number of likely N-dealkylation sites (tertiary alicyclic amines) is 1. The Bertz CT molecular complexity index is 559. The van der Waals surface area contributed by atoms with Crippen LogP contribution in [0.2, 0.25) is 0 Å². The van der Waals surface area contributed by atoms with Crippen molar-refractivity contribution in [3.8, 4) is 0 Å². The van der Waals surface area contributed by atoms with Crippen LogP contribution in [0.1, 0.15) is 50.2 Å². The van der Waals surface area contributed by atoms with Gasteiger partial charge in [-0.25, -0.2) is 4.79 Å². The van der Waals surface area contributed by atoms with Gasteiger partial charge >= 0.3 is 5.97 Å². The fourth-order valence-corrected chi connectivity index (χ4v) is 2.93. The molecule has 5 heteroatoms. The van der Waals surface area contributed by atoms with Gasteiger partial charge < -0.3 is 15.1 Å². The number of aliphatic carboxylic acids is 1. The van der Waals surface area contributed by atoms with Gasteiger partial charge in [0.2, 0.25) is 5.91 Å². The number of hydrogen-bond acceptors (Lipinski definition) is 3. The van der Waals surface area contributed by atoms with E-state index in [-0.39, 0.29) is 24.7 Å². The smallest absolute Gasteiger partial charge is 0.335 e. The Morgan fingerprint density at radius 2 is 1.78 bits per heavy atom. The van der Waals surface area contributed by atoms with Crippen LogP contribution in [0.3, 0.4) is 0 Å². The fraction of sp³-hybridized carbons (Fsp3) is 0.556. The highest BCUT2D eigenvalue weighted by Gasteiger charge is 2.40. The van der Waals surface area contributed by atoms with Crippen LogP contribution in [0.15, 0.2) is 24.3 Å². The number of rotatable bonds is 5. The summed E-state index contributed by atoms with van der Waals surface area (Å²) in [4.78, 5) is 25.1. The van der Waals surface area contributed by atoms with Gasteiger partial charge in [0, 0.05) is 32.4 Å². The van der Waals surface area contributed by atoms with E-state index in [1.807, 2.05) is 6.92 Å². The monoisotopic (exact) mass is 319 g/mol. The van der Waals surface area contributed by atoms with Crippen LogP contribution in [0, 0.1) is 0 Å². The minimum absolute atomic E-state index is 0.0181. The maximum Gasteiger partial charge on any atom is 0.335 e. The number of hydrogen-bond donors (Lipinski definition) is 2. The van der Waals surface area contributed by atoms with Gasteiger partial charge in [-0.1, -0.05) is 38.1 Å². The van der Waals surface area contributed by atoms with Crippen molar-refractivity contribution in [3.05, 3.63) is 35.4 Å². The number of piperidine rings is 1. The van der Waals surface area contributed by atoms with E-state index in [1.165, 1.54) is 5.56 Å². The highest BCUT2D eigenvalue weighted by Crippen LogP contribution is 2.25. The van der Waals surface area contributed by atoms with Gasteiger partial charge in [0.25, 0.3) is 0 Å². The van der Waals surface area contributed by atoms with Crippen molar-refractivity contribution >= 4 is 11.9 Å². The first kappa shape index (κ1) is 17.5. The van der Waals surface area contributed by atoms with Crippen LogP contribution in [-0.4, -0.2) is 45.7 Å². The molecule has 1 unspecified atom stereocenters. The van der Waals surface area contributed by atoms with Crippen molar-refractivity contribution < 1.29 is 19.8 Å². The Hall–Kier alpha value is -1.88. The quantitative estimate of drug-likeness (QED) is 0.872. The average Bonchev–Trinajstić information content (AvgIpc) is 2.55. The summed E-state index contributed by atoms with van der Waals surface area (Å²) in [5.41, 5.74) is 0.726. The molecule has 2 rings (SSSR count). The lowest BCUT2D eigenvalue weighted by atomic mass is 9.90. The molecule has 0 saturated carbocycles. The third-order valence-corrected chi connectivity index (χ3v) is 4.78. The van der Waals surface area contributed by atoms with E-state index in [1.54, 1.807) is 4.90 Å². The molecule has 1 saturated heterocycles. The molecule has 5 nitrogen and oxygen atoms in total. The molecule has 1 aromatic rings. The number of nitrogens with zero attached hydrogens (tertiary/aromatic N) is 1. The second kappa shape index (κ2) is 7.13. The molecule has 0 radical (unpaired) electrons. The van der Waals surface area contributed by atoms with Gasteiger partial charge in [0.15, 0.2) is 5.60 Å². The van der Waals surface area contributed by atoms with E-state index in [4.69, 9.17) is 5.11 Å². The van der Waals surface area contributed by atoms with E-state index in [2.05, 4.69) is 31.2 Å². The van der Waals surface area contributed by atoms with E-state index in [0.717, 1.165) is 12.0 Å². The average molecular weight is 319 g/mol. The van der Waals surface area contributed by atoms with E-state index >= 15 is 0 Å². The summed E-state index contributed by atoms with van der Waals surface area (Å²) in [6.07, 6.45) is 1.58.